The lowest BCUT2D eigenvalue weighted by Gasteiger charge is -2.23. The fourth-order valence-corrected chi connectivity index (χ4v) is 2.24. The van der Waals surface area contributed by atoms with Crippen LogP contribution in [-0.2, 0) is 11.2 Å². The molecule has 1 N–H and O–H groups in total. The van der Waals surface area contributed by atoms with Crippen LogP contribution in [0.25, 0.3) is 0 Å². The van der Waals surface area contributed by atoms with Crippen LogP contribution in [0.4, 0.5) is 0 Å². The smallest absolute Gasteiger partial charge is 0.120 e. The molecule has 76 valence electrons. The summed E-state index contributed by atoms with van der Waals surface area (Å²) in [4.78, 5) is 0. The summed E-state index contributed by atoms with van der Waals surface area (Å²) in [7, 11) is 0. The summed E-state index contributed by atoms with van der Waals surface area (Å²) in [5, 5.41) is 3.36. The van der Waals surface area contributed by atoms with Crippen LogP contribution in [0.2, 0.25) is 0 Å². The van der Waals surface area contributed by atoms with Gasteiger partial charge < -0.3 is 4.74 Å². The van der Waals surface area contributed by atoms with Gasteiger partial charge in [-0.1, -0.05) is 28.1 Å². The number of hydrogen-bond donors (Lipinski definition) is 1. The standard InChI is InChI=1S/C11H14BrNO/c1-11(13-5-6-14-11)8-9-3-2-4-10(12)7-9/h2-4,7,13H,5-6,8H2,1H3. The quantitative estimate of drug-likeness (QED) is 0.876. The topological polar surface area (TPSA) is 21.3 Å². The first kappa shape index (κ1) is 10.1. The summed E-state index contributed by atoms with van der Waals surface area (Å²) >= 11 is 3.47. The molecule has 1 aromatic rings. The fourth-order valence-electron chi connectivity index (χ4n) is 1.79. The molecule has 0 bridgehead atoms. The Labute approximate surface area is 92.8 Å². The molecule has 0 aliphatic carbocycles. The lowest BCUT2D eigenvalue weighted by atomic mass is 10.0. The average molecular weight is 256 g/mol. The van der Waals surface area contributed by atoms with E-state index in [1.165, 1.54) is 5.56 Å². The van der Waals surface area contributed by atoms with Crippen LogP contribution in [0.5, 0.6) is 0 Å². The maximum absolute atomic E-state index is 5.66. The molecule has 0 spiro atoms. The molecule has 3 heteroatoms. The summed E-state index contributed by atoms with van der Waals surface area (Å²) in [5.74, 6) is 0. The van der Waals surface area contributed by atoms with Gasteiger partial charge in [0.15, 0.2) is 0 Å². The molecule has 1 saturated heterocycles. The van der Waals surface area contributed by atoms with Crippen LogP contribution in [0, 0.1) is 0 Å². The van der Waals surface area contributed by atoms with Crippen molar-refractivity contribution in [2.24, 2.45) is 0 Å². The van der Waals surface area contributed by atoms with Gasteiger partial charge in [0.2, 0.25) is 0 Å². The van der Waals surface area contributed by atoms with Crippen molar-refractivity contribution in [2.45, 2.75) is 19.1 Å². The Morgan fingerprint density at radius 1 is 1.57 bits per heavy atom. The maximum Gasteiger partial charge on any atom is 0.120 e. The van der Waals surface area contributed by atoms with Gasteiger partial charge in [-0.05, 0) is 24.6 Å². The number of benzene rings is 1. The molecule has 1 unspecified atom stereocenters. The van der Waals surface area contributed by atoms with Gasteiger partial charge in [-0.15, -0.1) is 0 Å². The second-order valence-corrected chi connectivity index (χ2v) is 4.73. The molecule has 2 nitrogen and oxygen atoms in total. The van der Waals surface area contributed by atoms with Gasteiger partial charge in [-0.2, -0.15) is 0 Å². The fraction of sp³-hybridized carbons (Fsp3) is 0.455. The Hall–Kier alpha value is -0.380. The molecule has 2 rings (SSSR count). The molecule has 1 aliphatic rings. The van der Waals surface area contributed by atoms with Crippen LogP contribution in [0.1, 0.15) is 12.5 Å². The van der Waals surface area contributed by atoms with Crippen LogP contribution in [0.15, 0.2) is 28.7 Å². The highest BCUT2D eigenvalue weighted by Gasteiger charge is 2.28. The number of hydrogen-bond acceptors (Lipinski definition) is 2. The third-order valence-electron chi connectivity index (χ3n) is 2.45. The maximum atomic E-state index is 5.66. The molecule has 14 heavy (non-hydrogen) atoms. The van der Waals surface area contributed by atoms with Gasteiger partial charge in [0.25, 0.3) is 0 Å². The SMILES string of the molecule is CC1(Cc2cccc(Br)c2)NCCO1. The minimum absolute atomic E-state index is 0.180. The van der Waals surface area contributed by atoms with Gasteiger partial charge in [-0.25, -0.2) is 0 Å². The highest BCUT2D eigenvalue weighted by atomic mass is 79.9. The van der Waals surface area contributed by atoms with Crippen molar-refractivity contribution >= 4 is 15.9 Å². The van der Waals surface area contributed by atoms with E-state index in [0.29, 0.717) is 0 Å². The van der Waals surface area contributed by atoms with E-state index in [-0.39, 0.29) is 5.72 Å². The van der Waals surface area contributed by atoms with Crippen molar-refractivity contribution in [3.05, 3.63) is 34.3 Å². The molecule has 1 atom stereocenters. The van der Waals surface area contributed by atoms with E-state index in [1.807, 2.05) is 6.07 Å². The van der Waals surface area contributed by atoms with Gasteiger partial charge in [0.05, 0.1) is 6.61 Å². The van der Waals surface area contributed by atoms with Crippen molar-refractivity contribution in [1.29, 1.82) is 0 Å². The van der Waals surface area contributed by atoms with Crippen molar-refractivity contribution in [3.63, 3.8) is 0 Å². The molecular formula is C11H14BrNO. The number of nitrogens with one attached hydrogen (secondary N) is 1. The van der Waals surface area contributed by atoms with E-state index in [1.54, 1.807) is 0 Å². The third-order valence-corrected chi connectivity index (χ3v) is 2.95. The van der Waals surface area contributed by atoms with Crippen LogP contribution >= 0.6 is 15.9 Å². The highest BCUT2D eigenvalue weighted by Crippen LogP contribution is 2.20. The Morgan fingerprint density at radius 2 is 2.43 bits per heavy atom. The molecule has 0 amide bonds. The zero-order chi connectivity index (χ0) is 10.0. The third kappa shape index (κ3) is 2.35. The summed E-state index contributed by atoms with van der Waals surface area (Å²) < 4.78 is 6.78. The predicted octanol–water partition coefficient (Wildman–Crippen LogP) is 2.33. The number of halogens is 1. The zero-order valence-electron chi connectivity index (χ0n) is 8.22. The lowest BCUT2D eigenvalue weighted by molar-refractivity contribution is 0.00701. The van der Waals surface area contributed by atoms with E-state index in [4.69, 9.17) is 4.74 Å². The number of ether oxygens (including phenoxy) is 1. The first-order valence-corrected chi connectivity index (χ1v) is 5.61. The van der Waals surface area contributed by atoms with Gasteiger partial charge >= 0.3 is 0 Å². The predicted molar refractivity (Wildman–Crippen MR) is 60.2 cm³/mol. The summed E-state index contributed by atoms with van der Waals surface area (Å²) in [5.41, 5.74) is 1.11. The second kappa shape index (κ2) is 4.01. The zero-order valence-corrected chi connectivity index (χ0v) is 9.80. The average Bonchev–Trinajstić information content (AvgIpc) is 2.51. The molecular weight excluding hydrogens is 242 g/mol. The van der Waals surface area contributed by atoms with Gasteiger partial charge in [0, 0.05) is 17.4 Å². The van der Waals surface area contributed by atoms with Crippen molar-refractivity contribution in [3.8, 4) is 0 Å². The van der Waals surface area contributed by atoms with E-state index in [2.05, 4.69) is 46.4 Å². The largest absolute Gasteiger partial charge is 0.359 e. The first-order chi connectivity index (χ1) is 6.68. The molecule has 1 aliphatic heterocycles. The molecule has 0 radical (unpaired) electrons. The summed E-state index contributed by atoms with van der Waals surface area (Å²) in [6, 6.07) is 8.35. The Kier molecular flexibility index (Phi) is 2.91. The minimum Gasteiger partial charge on any atom is -0.359 e. The van der Waals surface area contributed by atoms with E-state index >= 15 is 0 Å². The Bertz CT molecular complexity index is 321. The summed E-state index contributed by atoms with van der Waals surface area (Å²) in [6.45, 7) is 3.86. The number of rotatable bonds is 2. The molecule has 1 heterocycles. The van der Waals surface area contributed by atoms with E-state index in [9.17, 15) is 0 Å². The summed E-state index contributed by atoms with van der Waals surface area (Å²) in [6.07, 6.45) is 0.909. The molecule has 1 fully saturated rings. The molecule has 0 aromatic heterocycles. The Morgan fingerprint density at radius 3 is 3.07 bits per heavy atom. The van der Waals surface area contributed by atoms with Crippen LogP contribution < -0.4 is 5.32 Å². The molecule has 1 aromatic carbocycles. The van der Waals surface area contributed by atoms with E-state index < -0.39 is 0 Å². The first-order valence-electron chi connectivity index (χ1n) is 4.81. The minimum atomic E-state index is -0.180. The van der Waals surface area contributed by atoms with Crippen molar-refractivity contribution < 1.29 is 4.74 Å². The van der Waals surface area contributed by atoms with Gasteiger partial charge in [0.1, 0.15) is 5.72 Å². The van der Waals surface area contributed by atoms with E-state index in [0.717, 1.165) is 24.0 Å². The van der Waals surface area contributed by atoms with Crippen LogP contribution in [-0.4, -0.2) is 18.9 Å². The van der Waals surface area contributed by atoms with Gasteiger partial charge in [-0.3, -0.25) is 5.32 Å². The van der Waals surface area contributed by atoms with Crippen molar-refractivity contribution in [2.75, 3.05) is 13.2 Å². The van der Waals surface area contributed by atoms with Crippen molar-refractivity contribution in [1.82, 2.24) is 5.32 Å². The second-order valence-electron chi connectivity index (χ2n) is 3.81. The lowest BCUT2D eigenvalue weighted by Crippen LogP contribution is -2.39. The molecule has 0 saturated carbocycles. The van der Waals surface area contributed by atoms with Crippen LogP contribution in [0.3, 0.4) is 0 Å². The Balaban J connectivity index is 2.10. The monoisotopic (exact) mass is 255 g/mol. The highest BCUT2D eigenvalue weighted by molar-refractivity contribution is 9.10. The normalized spacial score (nSPS) is 26.7.